The lowest BCUT2D eigenvalue weighted by atomic mass is 9.87. The number of nitrogens with one attached hydrogen (secondary N) is 2. The molecular weight excluding hydrogens is 434 g/mol. The van der Waals surface area contributed by atoms with Crippen molar-refractivity contribution in [3.8, 4) is 0 Å². The zero-order valence-corrected chi connectivity index (χ0v) is 19.3. The van der Waals surface area contributed by atoms with E-state index in [1.165, 1.54) is 12.1 Å². The quantitative estimate of drug-likeness (QED) is 0.636. The van der Waals surface area contributed by atoms with Crippen molar-refractivity contribution < 1.29 is 13.2 Å². The summed E-state index contributed by atoms with van der Waals surface area (Å²) in [6.07, 6.45) is 3.59. The molecule has 0 saturated heterocycles. The highest BCUT2D eigenvalue weighted by atomic mass is 35.5. The summed E-state index contributed by atoms with van der Waals surface area (Å²) in [4.78, 5) is 17.4. The summed E-state index contributed by atoms with van der Waals surface area (Å²) in [6.45, 7) is 4.61. The third kappa shape index (κ3) is 6.31. The molecule has 1 aliphatic heterocycles. The number of amidine groups is 1. The van der Waals surface area contributed by atoms with E-state index in [9.17, 15) is 13.2 Å². The van der Waals surface area contributed by atoms with E-state index in [2.05, 4.69) is 15.0 Å². The van der Waals surface area contributed by atoms with Gasteiger partial charge in [-0.25, -0.2) is 8.42 Å². The maximum Gasteiger partial charge on any atom is 0.262 e. The molecular formula is C23H28ClN3O3S. The molecule has 8 heteroatoms. The summed E-state index contributed by atoms with van der Waals surface area (Å²) in [5.41, 5.74) is 1.42. The molecule has 3 rings (SSSR count). The van der Waals surface area contributed by atoms with Gasteiger partial charge in [0.1, 0.15) is 5.84 Å². The van der Waals surface area contributed by atoms with Crippen molar-refractivity contribution in [3.05, 3.63) is 59.1 Å². The van der Waals surface area contributed by atoms with Gasteiger partial charge in [0.15, 0.2) is 0 Å². The normalized spacial score (nSPS) is 15.7. The zero-order valence-electron chi connectivity index (χ0n) is 17.8. The number of aliphatic imine (C=N–C) groups is 1. The second-order valence-electron chi connectivity index (χ2n) is 8.03. The summed E-state index contributed by atoms with van der Waals surface area (Å²) in [6, 6.07) is 13.4. The average Bonchev–Trinajstić information content (AvgIpc) is 2.98. The molecule has 0 aromatic heterocycles. The van der Waals surface area contributed by atoms with Crippen molar-refractivity contribution in [1.82, 2.24) is 4.72 Å². The summed E-state index contributed by atoms with van der Waals surface area (Å²) in [7, 11) is -3.70. The summed E-state index contributed by atoms with van der Waals surface area (Å²) in [5.74, 6) is 0.0810. The van der Waals surface area contributed by atoms with Crippen LogP contribution in [0.25, 0.3) is 0 Å². The monoisotopic (exact) mass is 461 g/mol. The largest absolute Gasteiger partial charge is 0.326 e. The van der Waals surface area contributed by atoms with Crippen molar-refractivity contribution >= 4 is 39.1 Å². The fourth-order valence-electron chi connectivity index (χ4n) is 3.62. The Kier molecular flexibility index (Phi) is 7.73. The Bertz CT molecular complexity index is 1030. The highest BCUT2D eigenvalue weighted by Gasteiger charge is 2.24. The van der Waals surface area contributed by atoms with Crippen LogP contribution in [0.3, 0.4) is 0 Å². The molecule has 6 nitrogen and oxygen atoms in total. The van der Waals surface area contributed by atoms with Crippen molar-refractivity contribution in [2.45, 2.75) is 50.3 Å². The number of benzene rings is 2. The first-order chi connectivity index (χ1) is 14.8. The van der Waals surface area contributed by atoms with E-state index in [1.54, 1.807) is 24.3 Å². The number of rotatable bonds is 6. The summed E-state index contributed by atoms with van der Waals surface area (Å²) in [5, 5.41) is 3.51. The Morgan fingerprint density at radius 3 is 2.32 bits per heavy atom. The summed E-state index contributed by atoms with van der Waals surface area (Å²) >= 11 is 5.96. The van der Waals surface area contributed by atoms with E-state index >= 15 is 0 Å². The van der Waals surface area contributed by atoms with Gasteiger partial charge in [-0.3, -0.25) is 14.5 Å². The number of halogens is 1. The Morgan fingerprint density at radius 2 is 1.68 bits per heavy atom. The molecule has 2 aromatic rings. The topological polar surface area (TPSA) is 87.6 Å². The van der Waals surface area contributed by atoms with Crippen molar-refractivity contribution in [1.29, 1.82) is 0 Å². The number of amides is 1. The first kappa shape index (κ1) is 23.3. The van der Waals surface area contributed by atoms with Gasteiger partial charge in [-0.1, -0.05) is 44.0 Å². The molecule has 0 saturated carbocycles. The minimum absolute atomic E-state index is 0.0744. The smallest absolute Gasteiger partial charge is 0.262 e. The molecule has 0 bridgehead atoms. The van der Waals surface area contributed by atoms with Gasteiger partial charge in [-0.05, 0) is 60.7 Å². The predicted octanol–water partition coefficient (Wildman–Crippen LogP) is 4.97. The number of hydrogen-bond donors (Lipinski definition) is 2. The van der Waals surface area contributed by atoms with Crippen LogP contribution in [-0.2, 0) is 14.8 Å². The maximum atomic E-state index is 12.9. The van der Waals surface area contributed by atoms with E-state index in [4.69, 9.17) is 11.6 Å². The maximum absolute atomic E-state index is 12.9. The number of carbonyl (C=O) groups excluding carboxylic acids is 1. The number of sulfonamides is 1. The fraction of sp³-hybridized carbons (Fsp3) is 0.391. The van der Waals surface area contributed by atoms with E-state index in [0.717, 1.165) is 24.8 Å². The number of carbonyl (C=O) groups is 1. The second-order valence-corrected chi connectivity index (χ2v) is 10.2. The highest BCUT2D eigenvalue weighted by Crippen LogP contribution is 2.27. The lowest BCUT2D eigenvalue weighted by Crippen LogP contribution is -2.30. The van der Waals surface area contributed by atoms with Crippen LogP contribution >= 0.6 is 11.6 Å². The van der Waals surface area contributed by atoms with Crippen LogP contribution in [0.5, 0.6) is 0 Å². The van der Waals surface area contributed by atoms with E-state index < -0.39 is 10.0 Å². The molecule has 31 heavy (non-hydrogen) atoms. The first-order valence-corrected chi connectivity index (χ1v) is 12.3. The molecule has 0 radical (unpaired) electrons. The third-order valence-electron chi connectivity index (χ3n) is 5.24. The molecule has 1 aliphatic rings. The molecule has 2 N–H and O–H groups in total. The van der Waals surface area contributed by atoms with Gasteiger partial charge >= 0.3 is 0 Å². The van der Waals surface area contributed by atoms with Crippen LogP contribution in [-0.4, -0.2) is 26.7 Å². The second kappa shape index (κ2) is 10.3. The van der Waals surface area contributed by atoms with Gasteiger partial charge in [0.25, 0.3) is 10.0 Å². The molecule has 0 fully saturated rings. The Labute approximate surface area is 189 Å². The fourth-order valence-corrected chi connectivity index (χ4v) is 4.83. The summed E-state index contributed by atoms with van der Waals surface area (Å²) < 4.78 is 27.9. The van der Waals surface area contributed by atoms with Crippen LogP contribution in [0.2, 0.25) is 5.02 Å². The standard InChI is InChI=1S/C23H28ClN3O3S/c1-16(2)22(17-7-9-18(24)10-8-17)23(28)26-19-11-13-20(14-12-19)31(29,30)27-21-6-4-3-5-15-25-21/h7-14,16,22H,3-6,15H2,1-2H3,(H,25,27)(H,26,28). The number of anilines is 1. The SMILES string of the molecule is CC(C)C(C(=O)Nc1ccc(S(=O)(=O)NC2=NCCCCC2)cc1)c1ccc(Cl)cc1. The molecule has 0 spiro atoms. The number of hydrogen-bond acceptors (Lipinski definition) is 4. The van der Waals surface area contributed by atoms with Gasteiger partial charge in [0.2, 0.25) is 5.91 Å². The minimum atomic E-state index is -3.70. The van der Waals surface area contributed by atoms with E-state index in [-0.39, 0.29) is 22.6 Å². The van der Waals surface area contributed by atoms with Crippen LogP contribution < -0.4 is 10.0 Å². The van der Waals surface area contributed by atoms with Crippen molar-refractivity contribution in [2.24, 2.45) is 10.9 Å². The molecule has 2 aromatic carbocycles. The molecule has 166 valence electrons. The van der Waals surface area contributed by atoms with E-state index in [1.807, 2.05) is 26.0 Å². The van der Waals surface area contributed by atoms with Crippen LogP contribution in [0.1, 0.15) is 51.0 Å². The zero-order chi connectivity index (χ0) is 22.4. The van der Waals surface area contributed by atoms with Crippen LogP contribution in [0, 0.1) is 5.92 Å². The average molecular weight is 462 g/mol. The minimum Gasteiger partial charge on any atom is -0.326 e. The molecule has 1 amide bonds. The molecule has 1 heterocycles. The lowest BCUT2D eigenvalue weighted by molar-refractivity contribution is -0.118. The predicted molar refractivity (Wildman–Crippen MR) is 125 cm³/mol. The molecule has 1 atom stereocenters. The van der Waals surface area contributed by atoms with Gasteiger partial charge < -0.3 is 5.32 Å². The highest BCUT2D eigenvalue weighted by molar-refractivity contribution is 7.90. The Balaban J connectivity index is 1.70. The third-order valence-corrected chi connectivity index (χ3v) is 6.89. The van der Waals surface area contributed by atoms with Crippen molar-refractivity contribution in [2.75, 3.05) is 11.9 Å². The molecule has 0 aliphatic carbocycles. The number of nitrogens with zero attached hydrogens (tertiary/aromatic N) is 1. The Morgan fingerprint density at radius 1 is 1.00 bits per heavy atom. The van der Waals surface area contributed by atoms with Gasteiger partial charge in [0, 0.05) is 23.7 Å². The Hall–Kier alpha value is -2.38. The van der Waals surface area contributed by atoms with E-state index in [0.29, 0.717) is 29.5 Å². The van der Waals surface area contributed by atoms with Crippen LogP contribution in [0.4, 0.5) is 5.69 Å². The van der Waals surface area contributed by atoms with Gasteiger partial charge in [-0.15, -0.1) is 0 Å². The molecule has 1 unspecified atom stereocenters. The first-order valence-electron chi connectivity index (χ1n) is 10.5. The van der Waals surface area contributed by atoms with Gasteiger partial charge in [-0.2, -0.15) is 0 Å². The van der Waals surface area contributed by atoms with Crippen molar-refractivity contribution in [3.63, 3.8) is 0 Å². The lowest BCUT2D eigenvalue weighted by Gasteiger charge is -2.21. The van der Waals surface area contributed by atoms with Crippen LogP contribution in [0.15, 0.2) is 58.4 Å². The van der Waals surface area contributed by atoms with Gasteiger partial charge in [0.05, 0.1) is 10.8 Å².